The molecule has 2 atom stereocenters. The molecular formula is C9H16O2. The molecular weight excluding hydrogens is 140 g/mol. The van der Waals surface area contributed by atoms with Crippen LogP contribution < -0.4 is 0 Å². The molecule has 2 unspecified atom stereocenters. The first-order valence-corrected chi connectivity index (χ1v) is 4.47. The molecule has 2 rings (SSSR count). The van der Waals surface area contributed by atoms with Gasteiger partial charge in [-0.25, -0.2) is 0 Å². The molecule has 2 heterocycles. The first-order chi connectivity index (χ1) is 5.17. The predicted molar refractivity (Wildman–Crippen MR) is 42.2 cm³/mol. The number of hydrogen-bond donors (Lipinski definition) is 0. The molecule has 2 aliphatic rings. The Morgan fingerprint density at radius 1 is 1.36 bits per heavy atom. The van der Waals surface area contributed by atoms with Crippen LogP contribution in [-0.4, -0.2) is 18.5 Å². The van der Waals surface area contributed by atoms with Gasteiger partial charge in [-0.3, -0.25) is 0 Å². The Kier molecular flexibility index (Phi) is 1.69. The summed E-state index contributed by atoms with van der Waals surface area (Å²) in [5, 5.41) is 0. The van der Waals surface area contributed by atoms with Gasteiger partial charge in [0.05, 0.1) is 5.60 Å². The maximum Gasteiger partial charge on any atom is 0.161 e. The molecule has 0 aromatic carbocycles. The van der Waals surface area contributed by atoms with Crippen LogP contribution in [0.3, 0.4) is 0 Å². The normalized spacial score (nSPS) is 42.0. The third kappa shape index (κ3) is 1.42. The molecule has 64 valence electrons. The maximum absolute atomic E-state index is 5.73. The number of rotatable bonds is 0. The highest BCUT2D eigenvalue weighted by Crippen LogP contribution is 2.39. The van der Waals surface area contributed by atoms with Gasteiger partial charge < -0.3 is 9.47 Å². The number of hydrogen-bond acceptors (Lipinski definition) is 2. The second-order valence-corrected chi connectivity index (χ2v) is 4.22. The van der Waals surface area contributed by atoms with E-state index in [4.69, 9.17) is 9.47 Å². The lowest BCUT2D eigenvalue weighted by molar-refractivity contribution is -0.184. The van der Waals surface area contributed by atoms with Crippen LogP contribution in [0.4, 0.5) is 0 Å². The summed E-state index contributed by atoms with van der Waals surface area (Å²) in [7, 11) is 0. The quantitative estimate of drug-likeness (QED) is 0.533. The lowest BCUT2D eigenvalue weighted by Gasteiger charge is -2.24. The predicted octanol–water partition coefficient (Wildman–Crippen LogP) is 1.94. The molecule has 0 N–H and O–H groups in total. The average molecular weight is 156 g/mol. The van der Waals surface area contributed by atoms with Gasteiger partial charge in [-0.05, 0) is 33.1 Å². The van der Waals surface area contributed by atoms with Crippen LogP contribution in [0, 0.1) is 5.92 Å². The highest BCUT2D eigenvalue weighted by molar-refractivity contribution is 4.85. The van der Waals surface area contributed by atoms with E-state index in [1.54, 1.807) is 0 Å². The molecule has 0 aliphatic carbocycles. The van der Waals surface area contributed by atoms with Crippen molar-refractivity contribution in [3.63, 3.8) is 0 Å². The third-order valence-electron chi connectivity index (χ3n) is 2.58. The SMILES string of the molecule is CC1(C)CC2CCCOC2O1. The van der Waals surface area contributed by atoms with Crippen molar-refractivity contribution in [2.75, 3.05) is 6.61 Å². The number of fused-ring (bicyclic) bond motifs is 1. The first-order valence-electron chi connectivity index (χ1n) is 4.47. The zero-order valence-electron chi connectivity index (χ0n) is 7.30. The van der Waals surface area contributed by atoms with Gasteiger partial charge in [0.15, 0.2) is 6.29 Å². The van der Waals surface area contributed by atoms with E-state index in [9.17, 15) is 0 Å². The summed E-state index contributed by atoms with van der Waals surface area (Å²) in [6, 6.07) is 0. The van der Waals surface area contributed by atoms with Crippen molar-refractivity contribution < 1.29 is 9.47 Å². The summed E-state index contributed by atoms with van der Waals surface area (Å²) < 4.78 is 11.2. The Morgan fingerprint density at radius 2 is 2.18 bits per heavy atom. The van der Waals surface area contributed by atoms with Gasteiger partial charge in [0.2, 0.25) is 0 Å². The van der Waals surface area contributed by atoms with E-state index < -0.39 is 0 Å². The van der Waals surface area contributed by atoms with Crippen LogP contribution in [0.5, 0.6) is 0 Å². The van der Waals surface area contributed by atoms with E-state index in [-0.39, 0.29) is 11.9 Å². The van der Waals surface area contributed by atoms with Crippen LogP contribution >= 0.6 is 0 Å². The van der Waals surface area contributed by atoms with Gasteiger partial charge in [-0.1, -0.05) is 0 Å². The maximum atomic E-state index is 5.73. The Hall–Kier alpha value is -0.0800. The van der Waals surface area contributed by atoms with E-state index in [1.165, 1.54) is 12.8 Å². The Labute approximate surface area is 67.9 Å². The zero-order valence-corrected chi connectivity index (χ0v) is 7.30. The number of ether oxygens (including phenoxy) is 2. The highest BCUT2D eigenvalue weighted by atomic mass is 16.7. The smallest absolute Gasteiger partial charge is 0.161 e. The minimum Gasteiger partial charge on any atom is -0.352 e. The molecule has 0 aromatic rings. The van der Waals surface area contributed by atoms with E-state index >= 15 is 0 Å². The van der Waals surface area contributed by atoms with Gasteiger partial charge in [-0.2, -0.15) is 0 Å². The van der Waals surface area contributed by atoms with E-state index in [2.05, 4.69) is 13.8 Å². The minimum atomic E-state index is 0.0552. The topological polar surface area (TPSA) is 18.5 Å². The molecule has 2 saturated heterocycles. The fourth-order valence-electron chi connectivity index (χ4n) is 2.14. The molecule has 0 radical (unpaired) electrons. The Balaban J connectivity index is 2.03. The summed E-state index contributed by atoms with van der Waals surface area (Å²) in [5.74, 6) is 0.666. The minimum absolute atomic E-state index is 0.0552. The second kappa shape index (κ2) is 2.46. The van der Waals surface area contributed by atoms with Crippen LogP contribution in [0.2, 0.25) is 0 Å². The molecule has 0 spiro atoms. The van der Waals surface area contributed by atoms with E-state index in [0.717, 1.165) is 13.0 Å². The molecule has 11 heavy (non-hydrogen) atoms. The largest absolute Gasteiger partial charge is 0.352 e. The van der Waals surface area contributed by atoms with Crippen molar-refractivity contribution in [2.45, 2.75) is 45.0 Å². The second-order valence-electron chi connectivity index (χ2n) is 4.22. The molecule has 0 saturated carbocycles. The summed E-state index contributed by atoms with van der Waals surface area (Å²) in [6.45, 7) is 5.18. The van der Waals surface area contributed by atoms with Crippen molar-refractivity contribution >= 4 is 0 Å². The molecule has 2 fully saturated rings. The van der Waals surface area contributed by atoms with Crippen molar-refractivity contribution in [1.29, 1.82) is 0 Å². The zero-order chi connectivity index (χ0) is 7.90. The van der Waals surface area contributed by atoms with Crippen molar-refractivity contribution in [1.82, 2.24) is 0 Å². The lowest BCUT2D eigenvalue weighted by Crippen LogP contribution is -2.26. The summed E-state index contributed by atoms with van der Waals surface area (Å²) in [5.41, 5.74) is 0.0552. The average Bonchev–Trinajstić information content (AvgIpc) is 2.21. The van der Waals surface area contributed by atoms with Crippen molar-refractivity contribution in [2.24, 2.45) is 5.92 Å². The molecule has 2 heteroatoms. The summed E-state index contributed by atoms with van der Waals surface area (Å²) >= 11 is 0. The Morgan fingerprint density at radius 3 is 2.91 bits per heavy atom. The molecule has 0 amide bonds. The molecule has 2 aliphatic heterocycles. The van der Waals surface area contributed by atoms with Crippen LogP contribution in [0.1, 0.15) is 33.1 Å². The lowest BCUT2D eigenvalue weighted by atomic mass is 9.92. The highest BCUT2D eigenvalue weighted by Gasteiger charge is 2.41. The van der Waals surface area contributed by atoms with Crippen molar-refractivity contribution in [3.8, 4) is 0 Å². The molecule has 0 bridgehead atoms. The van der Waals surface area contributed by atoms with E-state index in [1.807, 2.05) is 0 Å². The molecule has 0 aromatic heterocycles. The van der Waals surface area contributed by atoms with Gasteiger partial charge in [0.1, 0.15) is 0 Å². The first kappa shape index (κ1) is 7.56. The van der Waals surface area contributed by atoms with Gasteiger partial charge in [0, 0.05) is 12.5 Å². The molecule has 2 nitrogen and oxygen atoms in total. The fraction of sp³-hybridized carbons (Fsp3) is 1.00. The van der Waals surface area contributed by atoms with Gasteiger partial charge in [-0.15, -0.1) is 0 Å². The van der Waals surface area contributed by atoms with Gasteiger partial charge >= 0.3 is 0 Å². The van der Waals surface area contributed by atoms with Crippen LogP contribution in [0.25, 0.3) is 0 Å². The summed E-state index contributed by atoms with van der Waals surface area (Å²) in [4.78, 5) is 0. The monoisotopic (exact) mass is 156 g/mol. The Bertz CT molecular complexity index is 138. The van der Waals surface area contributed by atoms with Crippen LogP contribution in [-0.2, 0) is 9.47 Å². The standard InChI is InChI=1S/C9H16O2/c1-9(2)6-7-4-3-5-10-8(7)11-9/h7-8H,3-6H2,1-2H3. The fourth-order valence-corrected chi connectivity index (χ4v) is 2.14. The third-order valence-corrected chi connectivity index (χ3v) is 2.58. The van der Waals surface area contributed by atoms with Crippen LogP contribution in [0.15, 0.2) is 0 Å². The van der Waals surface area contributed by atoms with Crippen molar-refractivity contribution in [3.05, 3.63) is 0 Å². The summed E-state index contributed by atoms with van der Waals surface area (Å²) in [6.07, 6.45) is 3.77. The van der Waals surface area contributed by atoms with E-state index in [0.29, 0.717) is 5.92 Å². The van der Waals surface area contributed by atoms with Gasteiger partial charge in [0.25, 0.3) is 0 Å².